The third-order valence-corrected chi connectivity index (χ3v) is 3.92. The van der Waals surface area contributed by atoms with Crippen LogP contribution in [0.2, 0.25) is 0 Å². The van der Waals surface area contributed by atoms with Crippen molar-refractivity contribution in [3.8, 4) is 0 Å². The molecule has 0 radical (unpaired) electrons. The Morgan fingerprint density at radius 2 is 2.16 bits per heavy atom. The maximum Gasteiger partial charge on any atom is 0.137 e. The molecule has 1 fully saturated rings. The average Bonchev–Trinajstić information content (AvgIpc) is 2.62. The standard InChI is InChI=1S/C15H26N4/c1-4-8-16-14-13(3)15(18-11-17-14)19-9-5-6-12(2)7-10-19/h11-12H,4-10H2,1-3H3,(H,16,17,18). The maximum absolute atomic E-state index is 4.51. The predicted octanol–water partition coefficient (Wildman–Crippen LogP) is 3.23. The van der Waals surface area contributed by atoms with Crippen molar-refractivity contribution in [2.45, 2.75) is 46.5 Å². The molecule has 0 amide bonds. The highest BCUT2D eigenvalue weighted by Crippen LogP contribution is 2.26. The molecule has 4 heteroatoms. The highest BCUT2D eigenvalue weighted by Gasteiger charge is 2.18. The number of nitrogens with zero attached hydrogens (tertiary/aromatic N) is 3. The van der Waals surface area contributed by atoms with Crippen LogP contribution in [-0.4, -0.2) is 29.6 Å². The van der Waals surface area contributed by atoms with Crippen LogP contribution in [0.1, 0.15) is 45.1 Å². The van der Waals surface area contributed by atoms with Gasteiger partial charge in [0.1, 0.15) is 18.0 Å². The van der Waals surface area contributed by atoms with E-state index in [9.17, 15) is 0 Å². The molecule has 106 valence electrons. The lowest BCUT2D eigenvalue weighted by atomic mass is 10.0. The second kappa shape index (κ2) is 6.73. The van der Waals surface area contributed by atoms with Gasteiger partial charge in [0, 0.05) is 25.2 Å². The average molecular weight is 262 g/mol. The van der Waals surface area contributed by atoms with Crippen LogP contribution in [0.15, 0.2) is 6.33 Å². The van der Waals surface area contributed by atoms with E-state index in [-0.39, 0.29) is 0 Å². The monoisotopic (exact) mass is 262 g/mol. The lowest BCUT2D eigenvalue weighted by Crippen LogP contribution is -2.26. The minimum atomic E-state index is 0.838. The van der Waals surface area contributed by atoms with Gasteiger partial charge in [-0.05, 0) is 38.5 Å². The van der Waals surface area contributed by atoms with Crippen molar-refractivity contribution in [2.24, 2.45) is 5.92 Å². The lowest BCUT2D eigenvalue weighted by molar-refractivity contribution is 0.521. The molecule has 1 N–H and O–H groups in total. The molecule has 1 aliphatic heterocycles. The molecule has 0 bridgehead atoms. The Bertz CT molecular complexity index is 405. The minimum Gasteiger partial charge on any atom is -0.370 e. The summed E-state index contributed by atoms with van der Waals surface area (Å²) < 4.78 is 0. The van der Waals surface area contributed by atoms with Gasteiger partial charge in [0.05, 0.1) is 0 Å². The van der Waals surface area contributed by atoms with E-state index in [4.69, 9.17) is 0 Å². The van der Waals surface area contributed by atoms with Crippen molar-refractivity contribution in [1.29, 1.82) is 0 Å². The number of aromatic nitrogens is 2. The third-order valence-electron chi connectivity index (χ3n) is 3.92. The van der Waals surface area contributed by atoms with Gasteiger partial charge in [0.15, 0.2) is 0 Å². The summed E-state index contributed by atoms with van der Waals surface area (Å²) in [4.78, 5) is 11.3. The van der Waals surface area contributed by atoms with Crippen molar-refractivity contribution in [3.63, 3.8) is 0 Å². The fourth-order valence-corrected chi connectivity index (χ4v) is 2.66. The normalized spacial score (nSPS) is 20.2. The Hall–Kier alpha value is -1.32. The molecule has 0 aliphatic carbocycles. The molecule has 2 rings (SSSR count). The number of anilines is 2. The second-order valence-corrected chi connectivity index (χ2v) is 5.62. The molecule has 1 atom stereocenters. The zero-order chi connectivity index (χ0) is 13.7. The fourth-order valence-electron chi connectivity index (χ4n) is 2.66. The first-order valence-corrected chi connectivity index (χ1v) is 7.52. The van der Waals surface area contributed by atoms with Crippen molar-refractivity contribution >= 4 is 11.6 Å². The van der Waals surface area contributed by atoms with Crippen LogP contribution in [-0.2, 0) is 0 Å². The summed E-state index contributed by atoms with van der Waals surface area (Å²) in [5, 5.41) is 3.39. The molecule has 0 saturated carbocycles. The molecule has 1 aromatic heterocycles. The van der Waals surface area contributed by atoms with E-state index < -0.39 is 0 Å². The van der Waals surface area contributed by atoms with E-state index in [1.807, 2.05) is 0 Å². The molecule has 0 aromatic carbocycles. The molecule has 19 heavy (non-hydrogen) atoms. The predicted molar refractivity (Wildman–Crippen MR) is 80.8 cm³/mol. The van der Waals surface area contributed by atoms with E-state index in [0.29, 0.717) is 0 Å². The first-order valence-electron chi connectivity index (χ1n) is 7.52. The van der Waals surface area contributed by atoms with Gasteiger partial charge in [-0.2, -0.15) is 0 Å². The van der Waals surface area contributed by atoms with Gasteiger partial charge in [-0.3, -0.25) is 0 Å². The molecule has 1 unspecified atom stereocenters. The second-order valence-electron chi connectivity index (χ2n) is 5.62. The number of nitrogens with one attached hydrogen (secondary N) is 1. The zero-order valence-corrected chi connectivity index (χ0v) is 12.4. The number of hydrogen-bond acceptors (Lipinski definition) is 4. The summed E-state index contributed by atoms with van der Waals surface area (Å²) >= 11 is 0. The minimum absolute atomic E-state index is 0.838. The van der Waals surface area contributed by atoms with Crippen LogP contribution in [0, 0.1) is 12.8 Å². The van der Waals surface area contributed by atoms with Crippen molar-refractivity contribution in [2.75, 3.05) is 29.9 Å². The molecule has 4 nitrogen and oxygen atoms in total. The van der Waals surface area contributed by atoms with Gasteiger partial charge in [-0.25, -0.2) is 9.97 Å². The quantitative estimate of drug-likeness (QED) is 0.904. The summed E-state index contributed by atoms with van der Waals surface area (Å²) in [6, 6.07) is 0. The zero-order valence-electron chi connectivity index (χ0n) is 12.4. The summed E-state index contributed by atoms with van der Waals surface area (Å²) in [6.45, 7) is 9.85. The van der Waals surface area contributed by atoms with E-state index in [1.165, 1.54) is 24.8 Å². The summed E-state index contributed by atoms with van der Waals surface area (Å²) in [5.41, 5.74) is 1.19. The Labute approximate surface area is 116 Å². The Balaban J connectivity index is 2.14. The summed E-state index contributed by atoms with van der Waals surface area (Å²) in [7, 11) is 0. The first kappa shape index (κ1) is 14.1. The van der Waals surface area contributed by atoms with Crippen molar-refractivity contribution in [3.05, 3.63) is 11.9 Å². The SMILES string of the molecule is CCCNc1ncnc(N2CCCC(C)CC2)c1C. The third kappa shape index (κ3) is 3.58. The summed E-state index contributed by atoms with van der Waals surface area (Å²) in [6.07, 6.45) is 6.67. The molecular weight excluding hydrogens is 236 g/mol. The highest BCUT2D eigenvalue weighted by atomic mass is 15.2. The highest BCUT2D eigenvalue weighted by molar-refractivity contribution is 5.57. The van der Waals surface area contributed by atoms with E-state index in [1.54, 1.807) is 6.33 Å². The molecule has 1 aliphatic rings. The number of rotatable bonds is 4. The van der Waals surface area contributed by atoms with Crippen LogP contribution in [0.5, 0.6) is 0 Å². The molecule has 2 heterocycles. The van der Waals surface area contributed by atoms with Gasteiger partial charge in [-0.1, -0.05) is 13.8 Å². The molecule has 0 spiro atoms. The van der Waals surface area contributed by atoms with Crippen LogP contribution >= 0.6 is 0 Å². The molecule has 1 saturated heterocycles. The van der Waals surface area contributed by atoms with Gasteiger partial charge in [-0.15, -0.1) is 0 Å². The molecule has 1 aromatic rings. The maximum atomic E-state index is 4.51. The Morgan fingerprint density at radius 3 is 2.95 bits per heavy atom. The van der Waals surface area contributed by atoms with Gasteiger partial charge >= 0.3 is 0 Å². The van der Waals surface area contributed by atoms with Gasteiger partial charge in [0.25, 0.3) is 0 Å². The van der Waals surface area contributed by atoms with E-state index in [2.05, 4.69) is 41.0 Å². The van der Waals surface area contributed by atoms with Crippen molar-refractivity contribution < 1.29 is 0 Å². The Kier molecular flexibility index (Phi) is 5.00. The van der Waals surface area contributed by atoms with Crippen LogP contribution in [0.4, 0.5) is 11.6 Å². The van der Waals surface area contributed by atoms with Gasteiger partial charge < -0.3 is 10.2 Å². The fraction of sp³-hybridized carbons (Fsp3) is 0.733. The van der Waals surface area contributed by atoms with Crippen LogP contribution in [0.3, 0.4) is 0 Å². The lowest BCUT2D eigenvalue weighted by Gasteiger charge is -2.24. The topological polar surface area (TPSA) is 41.1 Å². The van der Waals surface area contributed by atoms with Crippen molar-refractivity contribution in [1.82, 2.24) is 9.97 Å². The molecular formula is C15H26N4. The first-order chi connectivity index (χ1) is 9.22. The number of hydrogen-bond donors (Lipinski definition) is 1. The largest absolute Gasteiger partial charge is 0.370 e. The summed E-state index contributed by atoms with van der Waals surface area (Å²) in [5.74, 6) is 2.94. The van der Waals surface area contributed by atoms with E-state index in [0.717, 1.165) is 43.6 Å². The Morgan fingerprint density at radius 1 is 1.32 bits per heavy atom. The van der Waals surface area contributed by atoms with Crippen LogP contribution < -0.4 is 10.2 Å². The van der Waals surface area contributed by atoms with Gasteiger partial charge in [0.2, 0.25) is 0 Å². The smallest absolute Gasteiger partial charge is 0.137 e. The van der Waals surface area contributed by atoms with Crippen LogP contribution in [0.25, 0.3) is 0 Å². The van der Waals surface area contributed by atoms with E-state index >= 15 is 0 Å².